The van der Waals surface area contributed by atoms with E-state index in [2.05, 4.69) is 36.1 Å². The number of rotatable bonds is 4. The summed E-state index contributed by atoms with van der Waals surface area (Å²) in [6, 6.07) is 8.59. The highest BCUT2D eigenvalue weighted by atomic mass is 32.2. The van der Waals surface area contributed by atoms with Crippen LogP contribution in [0.5, 0.6) is 0 Å². The lowest BCUT2D eigenvalue weighted by Crippen LogP contribution is -2.44. The Bertz CT molecular complexity index is 497. The highest BCUT2D eigenvalue weighted by Gasteiger charge is 2.27. The van der Waals surface area contributed by atoms with Crippen LogP contribution in [0, 0.1) is 0 Å². The lowest BCUT2D eigenvalue weighted by molar-refractivity contribution is 0.219. The van der Waals surface area contributed by atoms with Gasteiger partial charge in [-0.2, -0.15) is 0 Å². The van der Waals surface area contributed by atoms with Gasteiger partial charge in [-0.1, -0.05) is 31.2 Å². The lowest BCUT2D eigenvalue weighted by atomic mass is 10.0. The van der Waals surface area contributed by atoms with Crippen LogP contribution in [0.25, 0.3) is 0 Å². The smallest absolute Gasteiger partial charge is 0.152 e. The van der Waals surface area contributed by atoms with E-state index in [4.69, 9.17) is 5.73 Å². The van der Waals surface area contributed by atoms with Gasteiger partial charge in [0, 0.05) is 25.7 Å². The van der Waals surface area contributed by atoms with Gasteiger partial charge in [-0.3, -0.25) is 4.90 Å². The van der Waals surface area contributed by atoms with E-state index in [0.29, 0.717) is 19.6 Å². The third-order valence-corrected chi connectivity index (χ3v) is 5.42. The minimum Gasteiger partial charge on any atom is -0.329 e. The van der Waals surface area contributed by atoms with Crippen LogP contribution >= 0.6 is 0 Å². The number of hydrogen-bond acceptors (Lipinski definition) is 4. The van der Waals surface area contributed by atoms with E-state index in [0.717, 1.165) is 6.42 Å². The summed E-state index contributed by atoms with van der Waals surface area (Å²) in [5.74, 6) is 0.493. The molecule has 1 saturated heterocycles. The average molecular weight is 282 g/mol. The number of hydrogen-bond donors (Lipinski definition) is 1. The van der Waals surface area contributed by atoms with Crippen molar-refractivity contribution in [3.8, 4) is 0 Å². The number of sulfone groups is 1. The Morgan fingerprint density at radius 2 is 1.79 bits per heavy atom. The summed E-state index contributed by atoms with van der Waals surface area (Å²) in [6.45, 7) is 3.82. The predicted molar refractivity (Wildman–Crippen MR) is 77.8 cm³/mol. The molecule has 1 aromatic carbocycles. The Labute approximate surface area is 115 Å². The lowest BCUT2D eigenvalue weighted by Gasteiger charge is -2.34. The Balaban J connectivity index is 2.11. The molecule has 1 aromatic rings. The molecule has 19 heavy (non-hydrogen) atoms. The number of nitrogens with zero attached hydrogens (tertiary/aromatic N) is 1. The molecule has 106 valence electrons. The van der Waals surface area contributed by atoms with Crippen LogP contribution in [0.15, 0.2) is 24.3 Å². The first kappa shape index (κ1) is 14.5. The fourth-order valence-electron chi connectivity index (χ4n) is 2.51. The zero-order valence-electron chi connectivity index (χ0n) is 11.4. The molecule has 1 fully saturated rings. The summed E-state index contributed by atoms with van der Waals surface area (Å²) in [7, 11) is -2.83. The summed E-state index contributed by atoms with van der Waals surface area (Å²) >= 11 is 0. The largest absolute Gasteiger partial charge is 0.329 e. The van der Waals surface area contributed by atoms with Crippen molar-refractivity contribution >= 4 is 9.84 Å². The van der Waals surface area contributed by atoms with Gasteiger partial charge in [0.2, 0.25) is 0 Å². The molecule has 1 unspecified atom stereocenters. The Kier molecular flexibility index (Phi) is 4.60. The molecule has 1 atom stereocenters. The first-order valence-corrected chi connectivity index (χ1v) is 8.61. The van der Waals surface area contributed by atoms with Crippen molar-refractivity contribution in [1.82, 2.24) is 4.90 Å². The van der Waals surface area contributed by atoms with Crippen LogP contribution in [0.4, 0.5) is 0 Å². The standard InChI is InChI=1S/C14H22N2O2S/c1-2-12-3-5-13(6-4-12)14(11-15)16-7-9-19(17,18)10-8-16/h3-6,14H,2,7-11,15H2,1H3. The molecule has 0 aliphatic carbocycles. The molecule has 0 aromatic heterocycles. The van der Waals surface area contributed by atoms with Gasteiger partial charge < -0.3 is 5.73 Å². The fourth-order valence-corrected chi connectivity index (χ4v) is 3.74. The third kappa shape index (κ3) is 3.55. The number of benzene rings is 1. The van der Waals surface area contributed by atoms with Crippen molar-refractivity contribution in [2.75, 3.05) is 31.1 Å². The Hall–Kier alpha value is -0.910. The zero-order valence-corrected chi connectivity index (χ0v) is 12.2. The van der Waals surface area contributed by atoms with Gasteiger partial charge in [-0.05, 0) is 17.5 Å². The molecule has 0 bridgehead atoms. The minimum atomic E-state index is -2.83. The van der Waals surface area contributed by atoms with E-state index < -0.39 is 9.84 Å². The van der Waals surface area contributed by atoms with E-state index in [1.165, 1.54) is 11.1 Å². The first-order valence-electron chi connectivity index (χ1n) is 6.79. The molecule has 0 saturated carbocycles. The molecular formula is C14H22N2O2S. The summed E-state index contributed by atoms with van der Waals surface area (Å²) in [5.41, 5.74) is 8.37. The molecule has 5 heteroatoms. The normalized spacial score (nSPS) is 21.2. The highest BCUT2D eigenvalue weighted by molar-refractivity contribution is 7.91. The van der Waals surface area contributed by atoms with Crippen LogP contribution in [-0.2, 0) is 16.3 Å². The summed E-state index contributed by atoms with van der Waals surface area (Å²) in [5, 5.41) is 0. The van der Waals surface area contributed by atoms with Crippen LogP contribution in [0.1, 0.15) is 24.1 Å². The van der Waals surface area contributed by atoms with Crippen LogP contribution < -0.4 is 5.73 Å². The quantitative estimate of drug-likeness (QED) is 0.894. The maximum Gasteiger partial charge on any atom is 0.152 e. The molecule has 0 radical (unpaired) electrons. The van der Waals surface area contributed by atoms with Crippen molar-refractivity contribution in [3.05, 3.63) is 35.4 Å². The van der Waals surface area contributed by atoms with Crippen molar-refractivity contribution in [2.24, 2.45) is 5.73 Å². The van der Waals surface area contributed by atoms with Crippen LogP contribution in [-0.4, -0.2) is 44.5 Å². The van der Waals surface area contributed by atoms with Gasteiger partial charge >= 0.3 is 0 Å². The SMILES string of the molecule is CCc1ccc(C(CN)N2CCS(=O)(=O)CC2)cc1. The van der Waals surface area contributed by atoms with E-state index >= 15 is 0 Å². The van der Waals surface area contributed by atoms with Crippen molar-refractivity contribution in [1.29, 1.82) is 0 Å². The van der Waals surface area contributed by atoms with E-state index in [1.807, 2.05) is 0 Å². The number of nitrogens with two attached hydrogens (primary N) is 1. The van der Waals surface area contributed by atoms with E-state index in [9.17, 15) is 8.42 Å². The van der Waals surface area contributed by atoms with Gasteiger partial charge in [0.05, 0.1) is 11.5 Å². The maximum atomic E-state index is 11.5. The molecule has 1 heterocycles. The Morgan fingerprint density at radius 3 is 2.26 bits per heavy atom. The van der Waals surface area contributed by atoms with Gasteiger partial charge in [-0.25, -0.2) is 8.42 Å². The number of aryl methyl sites for hydroxylation is 1. The van der Waals surface area contributed by atoms with Crippen molar-refractivity contribution < 1.29 is 8.42 Å². The maximum absolute atomic E-state index is 11.5. The van der Waals surface area contributed by atoms with Gasteiger partial charge in [0.15, 0.2) is 9.84 Å². The molecule has 2 rings (SSSR count). The second kappa shape index (κ2) is 6.03. The molecular weight excluding hydrogens is 260 g/mol. The molecule has 1 aliphatic heterocycles. The van der Waals surface area contributed by atoms with Crippen LogP contribution in [0.2, 0.25) is 0 Å². The van der Waals surface area contributed by atoms with Gasteiger partial charge in [-0.15, -0.1) is 0 Å². The second-order valence-corrected chi connectivity index (χ2v) is 7.34. The average Bonchev–Trinajstić information content (AvgIpc) is 2.42. The van der Waals surface area contributed by atoms with E-state index in [1.54, 1.807) is 0 Å². The molecule has 0 spiro atoms. The van der Waals surface area contributed by atoms with Crippen LogP contribution in [0.3, 0.4) is 0 Å². The second-order valence-electron chi connectivity index (χ2n) is 5.03. The molecule has 0 amide bonds. The van der Waals surface area contributed by atoms with Gasteiger partial charge in [0.1, 0.15) is 0 Å². The molecule has 1 aliphatic rings. The summed E-state index contributed by atoms with van der Waals surface area (Å²) in [6.07, 6.45) is 1.02. The molecule has 2 N–H and O–H groups in total. The summed E-state index contributed by atoms with van der Waals surface area (Å²) in [4.78, 5) is 2.18. The molecule has 4 nitrogen and oxygen atoms in total. The third-order valence-electron chi connectivity index (χ3n) is 3.82. The first-order chi connectivity index (χ1) is 9.05. The minimum absolute atomic E-state index is 0.126. The summed E-state index contributed by atoms with van der Waals surface area (Å²) < 4.78 is 22.9. The monoisotopic (exact) mass is 282 g/mol. The predicted octanol–water partition coefficient (Wildman–Crippen LogP) is 0.979. The highest BCUT2D eigenvalue weighted by Crippen LogP contribution is 2.22. The van der Waals surface area contributed by atoms with E-state index in [-0.39, 0.29) is 17.5 Å². The zero-order chi connectivity index (χ0) is 13.9. The Morgan fingerprint density at radius 1 is 1.21 bits per heavy atom. The topological polar surface area (TPSA) is 63.4 Å². The van der Waals surface area contributed by atoms with Crippen molar-refractivity contribution in [2.45, 2.75) is 19.4 Å². The van der Waals surface area contributed by atoms with Crippen molar-refractivity contribution in [3.63, 3.8) is 0 Å². The fraction of sp³-hybridized carbons (Fsp3) is 0.571. The van der Waals surface area contributed by atoms with Gasteiger partial charge in [0.25, 0.3) is 0 Å².